The molecular weight excluding hydrogens is 451 g/mol. The van der Waals surface area contributed by atoms with Crippen LogP contribution in [0.3, 0.4) is 0 Å². The Morgan fingerprint density at radius 1 is 0.676 bits per heavy atom. The predicted molar refractivity (Wildman–Crippen MR) is 157 cm³/mol. The molecule has 4 aromatic rings. The van der Waals surface area contributed by atoms with Gasteiger partial charge in [-0.3, -0.25) is 0 Å². The lowest BCUT2D eigenvalue weighted by Gasteiger charge is -2.12. The quantitative estimate of drug-likeness (QED) is 0.146. The molecule has 1 heteroatoms. The Kier molecular flexibility index (Phi) is 9.66. The third-order valence-electron chi connectivity index (χ3n) is 6.97. The van der Waals surface area contributed by atoms with Gasteiger partial charge in [0, 0.05) is 5.56 Å². The lowest BCUT2D eigenvalue weighted by atomic mass is 9.93. The van der Waals surface area contributed by atoms with Crippen molar-refractivity contribution in [1.29, 1.82) is 0 Å². The molecule has 0 bridgehead atoms. The van der Waals surface area contributed by atoms with Gasteiger partial charge in [0.2, 0.25) is 0 Å². The molecular formula is C36H37F. The minimum absolute atomic E-state index is 0.161. The van der Waals surface area contributed by atoms with Crippen molar-refractivity contribution in [2.75, 3.05) is 0 Å². The van der Waals surface area contributed by atoms with Crippen LogP contribution in [0.25, 0.3) is 12.2 Å². The Morgan fingerprint density at radius 3 is 1.95 bits per heavy atom. The van der Waals surface area contributed by atoms with E-state index in [2.05, 4.69) is 91.9 Å². The summed E-state index contributed by atoms with van der Waals surface area (Å²) < 4.78 is 14.5. The Balaban J connectivity index is 1.27. The summed E-state index contributed by atoms with van der Waals surface area (Å²) in [5, 5.41) is 0. The summed E-state index contributed by atoms with van der Waals surface area (Å²) in [6.07, 6.45) is 12.9. The maximum atomic E-state index is 14.5. The van der Waals surface area contributed by atoms with Gasteiger partial charge in [0.05, 0.1) is 0 Å². The minimum Gasteiger partial charge on any atom is -0.206 e. The summed E-state index contributed by atoms with van der Waals surface area (Å²) in [6, 6.07) is 33.9. The van der Waals surface area contributed by atoms with Gasteiger partial charge in [0.1, 0.15) is 5.82 Å². The average molecular weight is 489 g/mol. The van der Waals surface area contributed by atoms with Gasteiger partial charge in [0.25, 0.3) is 0 Å². The van der Waals surface area contributed by atoms with E-state index in [1.807, 2.05) is 37.3 Å². The molecule has 37 heavy (non-hydrogen) atoms. The monoisotopic (exact) mass is 488 g/mol. The molecule has 0 aliphatic rings. The summed E-state index contributed by atoms with van der Waals surface area (Å²) in [5.41, 5.74) is 8.20. The summed E-state index contributed by atoms with van der Waals surface area (Å²) in [7, 11) is 0. The Labute approximate surface area is 222 Å². The van der Waals surface area contributed by atoms with Crippen molar-refractivity contribution >= 4 is 12.2 Å². The molecule has 0 saturated heterocycles. The minimum atomic E-state index is -0.161. The third kappa shape index (κ3) is 8.15. The van der Waals surface area contributed by atoms with Gasteiger partial charge in [-0.25, -0.2) is 4.39 Å². The highest BCUT2D eigenvalue weighted by Crippen LogP contribution is 2.21. The van der Waals surface area contributed by atoms with Crippen LogP contribution in [-0.2, 0) is 25.7 Å². The van der Waals surface area contributed by atoms with Gasteiger partial charge in [-0.1, -0.05) is 122 Å². The molecule has 0 spiro atoms. The van der Waals surface area contributed by atoms with Crippen LogP contribution in [0.2, 0.25) is 0 Å². The summed E-state index contributed by atoms with van der Waals surface area (Å²) in [6.45, 7) is 4.30. The van der Waals surface area contributed by atoms with E-state index >= 15 is 0 Å². The van der Waals surface area contributed by atoms with E-state index in [0.717, 1.165) is 43.2 Å². The molecule has 0 unspecified atom stereocenters. The van der Waals surface area contributed by atoms with Crippen LogP contribution in [0.4, 0.5) is 4.39 Å². The molecule has 0 aromatic heterocycles. The molecule has 1 atom stereocenters. The van der Waals surface area contributed by atoms with Gasteiger partial charge >= 0.3 is 0 Å². The smallest absolute Gasteiger partial charge is 0.130 e. The lowest BCUT2D eigenvalue weighted by molar-refractivity contribution is 0.622. The standard InChI is InChI=1S/C36H37F/c1-3-4-6-9-32-23-25-35(36(37)27-32)24-22-31-16-14-29(15-17-31)12-13-30-18-20-33(21-19-30)26-28(2)34-10-7-5-8-11-34/h3-5,7-8,10-11,14-25,27-28H,6,9,12-13,26H2,1-2H3/b4-3+,24-22?/t28-/m0/s1. The number of hydrogen-bond acceptors (Lipinski definition) is 0. The molecule has 0 radical (unpaired) electrons. The van der Waals surface area contributed by atoms with E-state index in [4.69, 9.17) is 0 Å². The average Bonchev–Trinajstić information content (AvgIpc) is 2.93. The second-order valence-corrected chi connectivity index (χ2v) is 9.87. The van der Waals surface area contributed by atoms with Crippen LogP contribution in [-0.4, -0.2) is 0 Å². The van der Waals surface area contributed by atoms with Crippen molar-refractivity contribution in [3.8, 4) is 0 Å². The topological polar surface area (TPSA) is 0 Å². The first kappa shape index (κ1) is 26.4. The maximum Gasteiger partial charge on any atom is 0.130 e. The highest BCUT2D eigenvalue weighted by Gasteiger charge is 2.06. The SMILES string of the molecule is C/C=C/CCc1ccc(C=Cc2ccc(CCc3ccc(C[C@H](C)c4ccccc4)cc3)cc2)c(F)c1. The fraction of sp³-hybridized carbons (Fsp3) is 0.222. The number of allylic oxidation sites excluding steroid dienone is 2. The van der Waals surface area contributed by atoms with Crippen molar-refractivity contribution in [1.82, 2.24) is 0 Å². The number of hydrogen-bond donors (Lipinski definition) is 0. The maximum absolute atomic E-state index is 14.5. The van der Waals surface area contributed by atoms with Crippen LogP contribution >= 0.6 is 0 Å². The molecule has 4 aromatic carbocycles. The van der Waals surface area contributed by atoms with Crippen LogP contribution < -0.4 is 0 Å². The summed E-state index contributed by atoms with van der Waals surface area (Å²) in [4.78, 5) is 0. The van der Waals surface area contributed by atoms with E-state index in [-0.39, 0.29) is 5.82 Å². The molecule has 0 saturated carbocycles. The van der Waals surface area contributed by atoms with Crippen LogP contribution in [0.1, 0.15) is 65.1 Å². The Morgan fingerprint density at radius 2 is 1.30 bits per heavy atom. The van der Waals surface area contributed by atoms with E-state index in [9.17, 15) is 4.39 Å². The van der Waals surface area contributed by atoms with E-state index < -0.39 is 0 Å². The molecule has 0 N–H and O–H groups in total. The highest BCUT2D eigenvalue weighted by molar-refractivity contribution is 5.70. The Hall–Kier alpha value is -3.71. The largest absolute Gasteiger partial charge is 0.206 e. The fourth-order valence-electron chi connectivity index (χ4n) is 4.64. The van der Waals surface area contributed by atoms with Gasteiger partial charge in [-0.2, -0.15) is 0 Å². The predicted octanol–water partition coefficient (Wildman–Crippen LogP) is 9.64. The summed E-state index contributed by atoms with van der Waals surface area (Å²) >= 11 is 0. The van der Waals surface area contributed by atoms with Crippen LogP contribution in [0.5, 0.6) is 0 Å². The fourth-order valence-corrected chi connectivity index (χ4v) is 4.64. The first-order chi connectivity index (χ1) is 18.1. The normalized spacial score (nSPS) is 12.4. The van der Waals surface area contributed by atoms with Crippen LogP contribution in [0.15, 0.2) is 109 Å². The van der Waals surface area contributed by atoms with Gasteiger partial charge in [-0.15, -0.1) is 0 Å². The van der Waals surface area contributed by atoms with Gasteiger partial charge < -0.3 is 0 Å². The number of halogens is 1. The highest BCUT2D eigenvalue weighted by atomic mass is 19.1. The van der Waals surface area contributed by atoms with Crippen molar-refractivity contribution in [2.45, 2.75) is 51.9 Å². The van der Waals surface area contributed by atoms with E-state index in [0.29, 0.717) is 11.5 Å². The van der Waals surface area contributed by atoms with Crippen molar-refractivity contribution in [2.24, 2.45) is 0 Å². The van der Waals surface area contributed by atoms with Crippen molar-refractivity contribution in [3.63, 3.8) is 0 Å². The van der Waals surface area contributed by atoms with Gasteiger partial charge in [-0.05, 0) is 84.4 Å². The van der Waals surface area contributed by atoms with Crippen molar-refractivity contribution < 1.29 is 4.39 Å². The zero-order chi connectivity index (χ0) is 25.9. The van der Waals surface area contributed by atoms with Gasteiger partial charge in [0.15, 0.2) is 0 Å². The first-order valence-electron chi connectivity index (χ1n) is 13.4. The first-order valence-corrected chi connectivity index (χ1v) is 13.4. The Bertz CT molecular complexity index is 1300. The molecule has 0 nitrogen and oxygen atoms in total. The number of aryl methyl sites for hydroxylation is 3. The molecule has 4 rings (SSSR count). The van der Waals surface area contributed by atoms with Crippen molar-refractivity contribution in [3.05, 3.63) is 154 Å². The molecule has 0 fully saturated rings. The second-order valence-electron chi connectivity index (χ2n) is 9.87. The van der Waals surface area contributed by atoms with E-state index in [1.165, 1.54) is 22.3 Å². The molecule has 0 aliphatic heterocycles. The molecule has 0 heterocycles. The third-order valence-corrected chi connectivity index (χ3v) is 6.97. The molecule has 0 amide bonds. The summed E-state index contributed by atoms with van der Waals surface area (Å²) in [5.74, 6) is 0.357. The zero-order valence-electron chi connectivity index (χ0n) is 22.0. The number of benzene rings is 4. The zero-order valence-corrected chi connectivity index (χ0v) is 22.0. The molecule has 188 valence electrons. The van der Waals surface area contributed by atoms with E-state index in [1.54, 1.807) is 6.07 Å². The molecule has 0 aliphatic carbocycles. The lowest BCUT2D eigenvalue weighted by Crippen LogP contribution is -1.99. The van der Waals surface area contributed by atoms with Crippen LogP contribution in [0, 0.1) is 5.82 Å². The second kappa shape index (κ2) is 13.6. The number of rotatable bonds is 11.